The molecule has 0 radical (unpaired) electrons. The highest BCUT2D eigenvalue weighted by molar-refractivity contribution is 6.30. The van der Waals surface area contributed by atoms with E-state index in [1.807, 2.05) is 54.6 Å². The summed E-state index contributed by atoms with van der Waals surface area (Å²) in [6.07, 6.45) is 13.0. The summed E-state index contributed by atoms with van der Waals surface area (Å²) >= 11 is 12.4. The van der Waals surface area contributed by atoms with Crippen LogP contribution in [0, 0.1) is 0 Å². The topological polar surface area (TPSA) is 107 Å². The fraction of sp³-hybridized carbons (Fsp3) is 0.118. The first kappa shape index (κ1) is 40.1. The van der Waals surface area contributed by atoms with Crippen LogP contribution in [0.1, 0.15) is 51.9 Å². The zero-order valence-corrected chi connectivity index (χ0v) is 34.1. The highest BCUT2D eigenvalue weighted by Gasteiger charge is 2.11. The van der Waals surface area contributed by atoms with Gasteiger partial charge in [-0.25, -0.2) is 0 Å². The lowest BCUT2D eigenvalue weighted by molar-refractivity contribution is 0.104. The van der Waals surface area contributed by atoms with E-state index in [0.717, 1.165) is 75.7 Å². The van der Waals surface area contributed by atoms with E-state index in [0.29, 0.717) is 28.3 Å². The van der Waals surface area contributed by atoms with Crippen LogP contribution in [-0.4, -0.2) is 16.0 Å². The molecule has 0 aromatic heterocycles. The lowest BCUT2D eigenvalue weighted by Crippen LogP contribution is -1.92. The Morgan fingerprint density at radius 3 is 1.75 bits per heavy atom. The van der Waals surface area contributed by atoms with E-state index in [4.69, 9.17) is 23.2 Å². The molecule has 0 amide bonds. The number of halogens is 2. The van der Waals surface area contributed by atoms with Crippen molar-refractivity contribution < 1.29 is 15.0 Å². The van der Waals surface area contributed by atoms with Gasteiger partial charge in [0.15, 0.2) is 5.78 Å². The molecule has 296 valence electrons. The average Bonchev–Trinajstić information content (AvgIpc) is 3.26. The predicted molar refractivity (Wildman–Crippen MR) is 244 cm³/mol. The number of azo groups is 2. The standard InChI is InChI=1S/C51H40Cl2N4O3/c52-41-5-1-3-34(31-41)7-9-36-13-24-45-39(29-36)18-27-48(59)50(45)56-54-43-20-11-33(12-21-43)15-26-47(58)38-16-22-44(23-17-38)55-57-51-46-25-14-37(30-40(46)19-28-49(51)60)10-8-35-4-2-6-42(53)32-35/h1,3-5,11-32,59-60H,2,6-10H2. The molecule has 0 saturated carbocycles. The van der Waals surface area contributed by atoms with Crippen LogP contribution < -0.4 is 0 Å². The van der Waals surface area contributed by atoms with E-state index >= 15 is 0 Å². The SMILES string of the molecule is O=C(C=Cc1ccc(N=Nc2c(O)ccc3cc(CCc4cccc(Cl)c4)ccc23)cc1)c1ccc(N=Nc2c(O)ccc3cc(CCC4=CCCC(Cl)=C4)ccc23)cc1. The normalized spacial score (nSPS) is 13.2. The number of rotatable bonds is 13. The van der Waals surface area contributed by atoms with Crippen molar-refractivity contribution in [2.75, 3.05) is 0 Å². The Bertz CT molecular complexity index is 2880. The summed E-state index contributed by atoms with van der Waals surface area (Å²) in [6.45, 7) is 0. The molecule has 7 aromatic rings. The number of hydrogen-bond acceptors (Lipinski definition) is 7. The van der Waals surface area contributed by atoms with E-state index in [9.17, 15) is 15.0 Å². The van der Waals surface area contributed by atoms with Crippen molar-refractivity contribution in [2.24, 2.45) is 20.5 Å². The van der Waals surface area contributed by atoms with Gasteiger partial charge in [0.25, 0.3) is 0 Å². The Morgan fingerprint density at radius 1 is 0.600 bits per heavy atom. The summed E-state index contributed by atoms with van der Waals surface area (Å²) in [5, 5.41) is 44.1. The van der Waals surface area contributed by atoms with Crippen molar-refractivity contribution >= 4 is 79.4 Å². The second-order valence-corrected chi connectivity index (χ2v) is 15.7. The second kappa shape index (κ2) is 18.5. The summed E-state index contributed by atoms with van der Waals surface area (Å²) in [5.41, 5.74) is 8.07. The molecule has 0 aliphatic heterocycles. The van der Waals surface area contributed by atoms with E-state index in [2.05, 4.69) is 62.9 Å². The predicted octanol–water partition coefficient (Wildman–Crippen LogP) is 15.3. The first-order valence-electron chi connectivity index (χ1n) is 19.8. The van der Waals surface area contributed by atoms with Crippen LogP contribution in [0.2, 0.25) is 5.02 Å². The molecule has 9 heteroatoms. The third-order valence-corrected chi connectivity index (χ3v) is 11.0. The second-order valence-electron chi connectivity index (χ2n) is 14.8. The summed E-state index contributed by atoms with van der Waals surface area (Å²) in [4.78, 5) is 13.0. The highest BCUT2D eigenvalue weighted by Crippen LogP contribution is 2.38. The van der Waals surface area contributed by atoms with Gasteiger partial charge in [-0.1, -0.05) is 114 Å². The molecule has 60 heavy (non-hydrogen) atoms. The van der Waals surface area contributed by atoms with E-state index in [1.165, 1.54) is 28.3 Å². The monoisotopic (exact) mass is 826 g/mol. The maximum atomic E-state index is 13.0. The molecule has 7 aromatic carbocycles. The minimum absolute atomic E-state index is 0.0410. The number of carbonyl (C=O) groups excluding carboxylic acids is 1. The Morgan fingerprint density at radius 2 is 1.17 bits per heavy atom. The van der Waals surface area contributed by atoms with Gasteiger partial charge in [-0.3, -0.25) is 4.79 Å². The maximum Gasteiger partial charge on any atom is 0.185 e. The number of benzene rings is 7. The minimum Gasteiger partial charge on any atom is -0.506 e. The van der Waals surface area contributed by atoms with Crippen molar-refractivity contribution in [3.63, 3.8) is 0 Å². The number of carbonyl (C=O) groups is 1. The van der Waals surface area contributed by atoms with Gasteiger partial charge in [0, 0.05) is 26.4 Å². The van der Waals surface area contributed by atoms with Crippen LogP contribution >= 0.6 is 23.2 Å². The quantitative estimate of drug-likeness (QED) is 0.0686. The van der Waals surface area contributed by atoms with Crippen LogP contribution in [-0.2, 0) is 19.3 Å². The third kappa shape index (κ3) is 9.95. The number of phenols is 2. The average molecular weight is 828 g/mol. The largest absolute Gasteiger partial charge is 0.506 e. The number of hydrogen-bond donors (Lipinski definition) is 2. The fourth-order valence-corrected chi connectivity index (χ4v) is 7.69. The number of phenolic OH excluding ortho intramolecular Hbond substituents is 2. The summed E-state index contributed by atoms with van der Waals surface area (Å²) in [7, 11) is 0. The van der Waals surface area contributed by atoms with Gasteiger partial charge in [0.1, 0.15) is 22.9 Å². The molecule has 0 saturated heterocycles. The molecule has 2 N–H and O–H groups in total. The first-order valence-corrected chi connectivity index (χ1v) is 20.5. The van der Waals surface area contributed by atoms with Gasteiger partial charge in [0.2, 0.25) is 0 Å². The Hall–Kier alpha value is -6.67. The molecule has 0 atom stereocenters. The van der Waals surface area contributed by atoms with Crippen LogP contribution in [0.3, 0.4) is 0 Å². The molecule has 0 heterocycles. The zero-order valence-electron chi connectivity index (χ0n) is 32.6. The van der Waals surface area contributed by atoms with Gasteiger partial charge in [-0.2, -0.15) is 10.2 Å². The van der Waals surface area contributed by atoms with E-state index in [1.54, 1.807) is 54.6 Å². The van der Waals surface area contributed by atoms with Crippen LogP contribution in [0.25, 0.3) is 27.6 Å². The van der Waals surface area contributed by atoms with Gasteiger partial charge in [0.05, 0.1) is 11.4 Å². The summed E-state index contributed by atoms with van der Waals surface area (Å²) < 4.78 is 0. The van der Waals surface area contributed by atoms with Gasteiger partial charge in [-0.15, -0.1) is 10.2 Å². The Balaban J connectivity index is 0.875. The van der Waals surface area contributed by atoms with Gasteiger partial charge >= 0.3 is 0 Å². The maximum absolute atomic E-state index is 13.0. The lowest BCUT2D eigenvalue weighted by Gasteiger charge is -2.10. The molecule has 8 rings (SSSR count). The van der Waals surface area contributed by atoms with Crippen LogP contribution in [0.15, 0.2) is 183 Å². The number of aromatic hydroxyl groups is 2. The molecule has 1 aliphatic rings. The summed E-state index contributed by atoms with van der Waals surface area (Å²) in [6, 6.07) is 41.4. The zero-order chi connectivity index (χ0) is 41.4. The number of nitrogens with zero attached hydrogens (tertiary/aromatic N) is 4. The van der Waals surface area contributed by atoms with Crippen molar-refractivity contribution in [1.29, 1.82) is 0 Å². The Labute approximate surface area is 358 Å². The molecule has 0 unspecified atom stereocenters. The van der Waals surface area contributed by atoms with Crippen LogP contribution in [0.5, 0.6) is 11.5 Å². The molecular weight excluding hydrogens is 787 g/mol. The van der Waals surface area contributed by atoms with Gasteiger partial charge < -0.3 is 10.2 Å². The third-order valence-electron chi connectivity index (χ3n) is 10.5. The van der Waals surface area contributed by atoms with Crippen molar-refractivity contribution in [3.8, 4) is 11.5 Å². The molecule has 7 nitrogen and oxygen atoms in total. The number of aryl methyl sites for hydroxylation is 3. The van der Waals surface area contributed by atoms with Crippen molar-refractivity contribution in [2.45, 2.75) is 38.5 Å². The molecule has 0 spiro atoms. The van der Waals surface area contributed by atoms with Crippen molar-refractivity contribution in [1.82, 2.24) is 0 Å². The van der Waals surface area contributed by atoms with Crippen LogP contribution in [0.4, 0.5) is 22.7 Å². The number of fused-ring (bicyclic) bond motifs is 2. The summed E-state index contributed by atoms with van der Waals surface area (Å²) in [5.74, 6) is -0.0735. The van der Waals surface area contributed by atoms with Crippen molar-refractivity contribution in [3.05, 3.63) is 195 Å². The van der Waals surface area contributed by atoms with E-state index < -0.39 is 0 Å². The first-order chi connectivity index (χ1) is 29.2. The van der Waals surface area contributed by atoms with Gasteiger partial charge in [-0.05, 0) is 144 Å². The number of allylic oxidation sites excluding steroid dienone is 5. The highest BCUT2D eigenvalue weighted by atomic mass is 35.5. The molecule has 1 aliphatic carbocycles. The van der Waals surface area contributed by atoms with E-state index in [-0.39, 0.29) is 17.3 Å². The molecule has 0 fully saturated rings. The smallest absolute Gasteiger partial charge is 0.185 e. The Kier molecular flexibility index (Phi) is 12.4. The molecule has 0 bridgehead atoms. The minimum atomic E-state index is -0.164. The lowest BCUT2D eigenvalue weighted by atomic mass is 9.97. The fourth-order valence-electron chi connectivity index (χ4n) is 7.22. The molecular formula is C51H40Cl2N4O3. The number of ketones is 1.